The number of unbranched alkanes of at least 4 members (excludes halogenated alkanes) is 2. The molecule has 0 aromatic carbocycles. The van der Waals surface area contributed by atoms with Crippen LogP contribution in [0.4, 0.5) is 0 Å². The highest BCUT2D eigenvalue weighted by molar-refractivity contribution is 7.55. The van der Waals surface area contributed by atoms with Crippen molar-refractivity contribution in [2.45, 2.75) is 26.2 Å². The van der Waals surface area contributed by atoms with Crippen molar-refractivity contribution < 1.29 is 9.09 Å². The molecule has 0 amide bonds. The molecule has 0 saturated heterocycles. The Morgan fingerprint density at radius 1 is 1.33 bits per heavy atom. The molecule has 0 N–H and O–H groups in total. The van der Waals surface area contributed by atoms with E-state index in [0.717, 1.165) is 12.8 Å². The highest BCUT2D eigenvalue weighted by Crippen LogP contribution is 2.44. The first-order valence-electron chi connectivity index (χ1n) is 4.40. The van der Waals surface area contributed by atoms with Crippen molar-refractivity contribution in [3.8, 4) is 0 Å². The summed E-state index contributed by atoms with van der Waals surface area (Å²) < 4.78 is 18.5. The van der Waals surface area contributed by atoms with Crippen LogP contribution in [0.25, 0.3) is 0 Å². The van der Waals surface area contributed by atoms with Crippen molar-refractivity contribution in [3.63, 3.8) is 0 Å². The smallest absolute Gasteiger partial charge is 0.268 e. The van der Waals surface area contributed by atoms with Gasteiger partial charge in [-0.3, -0.25) is 4.57 Å². The van der Waals surface area contributed by atoms with Crippen molar-refractivity contribution >= 4 is 7.52 Å². The minimum absolute atomic E-state index is 0.611. The molecule has 0 aliphatic heterocycles. The van der Waals surface area contributed by atoms with Crippen molar-refractivity contribution in [1.82, 2.24) is 4.67 Å². The third-order valence-electron chi connectivity index (χ3n) is 1.81. The normalized spacial score (nSPS) is 16.4. The largest absolute Gasteiger partial charge is 0.318 e. The summed E-state index contributed by atoms with van der Waals surface area (Å²) in [7, 11) is 1.09. The molecule has 0 aromatic rings. The van der Waals surface area contributed by atoms with Gasteiger partial charge in [0.05, 0.1) is 6.61 Å². The van der Waals surface area contributed by atoms with Gasteiger partial charge in [0.1, 0.15) is 0 Å². The zero-order chi connectivity index (χ0) is 9.61. The number of rotatable bonds is 6. The molecule has 0 radical (unpaired) electrons. The van der Waals surface area contributed by atoms with Gasteiger partial charge in [-0.2, -0.15) is 0 Å². The molecule has 0 aromatic heterocycles. The van der Waals surface area contributed by atoms with E-state index in [2.05, 4.69) is 6.92 Å². The Hall–Kier alpha value is 0.150. The maximum Gasteiger partial charge on any atom is 0.268 e. The van der Waals surface area contributed by atoms with Crippen LogP contribution >= 0.6 is 7.52 Å². The highest BCUT2D eigenvalue weighted by atomic mass is 31.2. The number of nitrogens with zero attached hydrogens (tertiary/aromatic N) is 1. The van der Waals surface area contributed by atoms with Crippen LogP contribution < -0.4 is 0 Å². The van der Waals surface area contributed by atoms with E-state index in [0.29, 0.717) is 6.61 Å². The molecule has 74 valence electrons. The zero-order valence-electron chi connectivity index (χ0n) is 8.54. The maximum atomic E-state index is 11.6. The summed E-state index contributed by atoms with van der Waals surface area (Å²) in [5, 5.41) is 0. The monoisotopic (exact) mass is 193 g/mol. The van der Waals surface area contributed by atoms with Crippen molar-refractivity contribution in [3.05, 3.63) is 0 Å². The lowest BCUT2D eigenvalue weighted by Gasteiger charge is -2.20. The molecule has 1 atom stereocenters. The third kappa shape index (κ3) is 4.91. The van der Waals surface area contributed by atoms with Crippen LogP contribution in [0, 0.1) is 0 Å². The van der Waals surface area contributed by atoms with Crippen LogP contribution in [0.5, 0.6) is 0 Å². The van der Waals surface area contributed by atoms with E-state index in [4.69, 9.17) is 4.52 Å². The molecular weight excluding hydrogens is 173 g/mol. The van der Waals surface area contributed by atoms with Crippen LogP contribution in [-0.4, -0.2) is 32.0 Å². The summed E-state index contributed by atoms with van der Waals surface area (Å²) in [4.78, 5) is 0. The predicted molar refractivity (Wildman–Crippen MR) is 52.7 cm³/mol. The van der Waals surface area contributed by atoms with E-state index < -0.39 is 7.52 Å². The van der Waals surface area contributed by atoms with Gasteiger partial charge >= 0.3 is 0 Å². The van der Waals surface area contributed by atoms with E-state index in [1.165, 1.54) is 6.42 Å². The average Bonchev–Trinajstić information content (AvgIpc) is 1.98. The molecule has 3 nitrogen and oxygen atoms in total. The molecular formula is C8H20NO2P. The second-order valence-corrected chi connectivity index (χ2v) is 5.85. The molecule has 0 fully saturated rings. The van der Waals surface area contributed by atoms with E-state index in [1.54, 1.807) is 25.4 Å². The molecule has 12 heavy (non-hydrogen) atoms. The first-order chi connectivity index (χ1) is 5.50. The van der Waals surface area contributed by atoms with Crippen LogP contribution in [-0.2, 0) is 9.09 Å². The van der Waals surface area contributed by atoms with Crippen molar-refractivity contribution in [1.29, 1.82) is 0 Å². The molecule has 0 spiro atoms. The first kappa shape index (κ1) is 12.2. The Labute approximate surface area is 75.6 Å². The molecule has 4 heteroatoms. The Balaban J connectivity index is 3.55. The van der Waals surface area contributed by atoms with E-state index in [1.807, 2.05) is 0 Å². The molecule has 0 aliphatic rings. The summed E-state index contributed by atoms with van der Waals surface area (Å²) in [5.74, 6) is 0. The molecule has 0 heterocycles. The lowest BCUT2D eigenvalue weighted by Crippen LogP contribution is -2.10. The maximum absolute atomic E-state index is 11.6. The minimum atomic E-state index is -2.47. The van der Waals surface area contributed by atoms with Crippen LogP contribution in [0.3, 0.4) is 0 Å². The Bertz CT molecular complexity index is 159. The fourth-order valence-corrected chi connectivity index (χ4v) is 1.40. The molecule has 0 saturated carbocycles. The predicted octanol–water partition coefficient (Wildman–Crippen LogP) is 2.58. The van der Waals surface area contributed by atoms with Gasteiger partial charge in [0.2, 0.25) is 0 Å². The second-order valence-electron chi connectivity index (χ2n) is 3.19. The van der Waals surface area contributed by atoms with E-state index >= 15 is 0 Å². The van der Waals surface area contributed by atoms with Gasteiger partial charge in [-0.15, -0.1) is 0 Å². The van der Waals surface area contributed by atoms with Gasteiger partial charge in [-0.1, -0.05) is 19.8 Å². The van der Waals surface area contributed by atoms with Gasteiger partial charge in [-0.05, 0) is 20.5 Å². The van der Waals surface area contributed by atoms with Crippen molar-refractivity contribution in [2.24, 2.45) is 0 Å². The summed E-state index contributed by atoms with van der Waals surface area (Å²) in [6.07, 6.45) is 3.31. The van der Waals surface area contributed by atoms with E-state index in [-0.39, 0.29) is 0 Å². The molecule has 0 bridgehead atoms. The molecule has 0 aliphatic carbocycles. The summed E-state index contributed by atoms with van der Waals surface area (Å²) in [6.45, 7) is 4.40. The van der Waals surface area contributed by atoms with Crippen LogP contribution in [0.1, 0.15) is 26.2 Å². The lowest BCUT2D eigenvalue weighted by molar-refractivity contribution is 0.278. The molecule has 1 unspecified atom stereocenters. The Morgan fingerprint density at radius 3 is 2.33 bits per heavy atom. The van der Waals surface area contributed by atoms with Gasteiger partial charge < -0.3 is 4.52 Å². The zero-order valence-corrected chi connectivity index (χ0v) is 9.43. The number of hydrogen-bond acceptors (Lipinski definition) is 2. The van der Waals surface area contributed by atoms with Gasteiger partial charge in [0.25, 0.3) is 7.52 Å². The topological polar surface area (TPSA) is 29.5 Å². The quantitative estimate of drug-likeness (QED) is 0.479. The third-order valence-corrected chi connectivity index (χ3v) is 3.92. The second kappa shape index (κ2) is 5.74. The Kier molecular flexibility index (Phi) is 5.81. The van der Waals surface area contributed by atoms with E-state index in [9.17, 15) is 4.57 Å². The Morgan fingerprint density at radius 2 is 1.92 bits per heavy atom. The average molecular weight is 193 g/mol. The number of hydrogen-bond donors (Lipinski definition) is 0. The van der Waals surface area contributed by atoms with Gasteiger partial charge in [-0.25, -0.2) is 4.67 Å². The van der Waals surface area contributed by atoms with Gasteiger partial charge in [0, 0.05) is 6.66 Å². The minimum Gasteiger partial charge on any atom is -0.318 e. The lowest BCUT2D eigenvalue weighted by atomic mass is 10.3. The van der Waals surface area contributed by atoms with Gasteiger partial charge in [0.15, 0.2) is 0 Å². The SMILES string of the molecule is CCCCCOP(C)(=O)N(C)C. The highest BCUT2D eigenvalue weighted by Gasteiger charge is 2.17. The summed E-state index contributed by atoms with van der Waals surface area (Å²) >= 11 is 0. The fourth-order valence-electron chi connectivity index (χ4n) is 0.701. The van der Waals surface area contributed by atoms with Crippen molar-refractivity contribution in [2.75, 3.05) is 27.4 Å². The first-order valence-corrected chi connectivity index (χ1v) is 6.43. The standard InChI is InChI=1S/C8H20NO2P/c1-5-6-7-8-11-12(4,10)9(2)3/h5-8H2,1-4H3. The summed E-state index contributed by atoms with van der Waals surface area (Å²) in [6, 6.07) is 0. The van der Waals surface area contributed by atoms with Crippen LogP contribution in [0.2, 0.25) is 0 Å². The van der Waals surface area contributed by atoms with Crippen LogP contribution in [0.15, 0.2) is 0 Å². The fraction of sp³-hybridized carbons (Fsp3) is 1.00. The molecule has 0 rings (SSSR count). The summed E-state index contributed by atoms with van der Waals surface area (Å²) in [5.41, 5.74) is 0.